The molecule has 1 aromatic carbocycles. The first-order chi connectivity index (χ1) is 11.5. The molecule has 1 atom stereocenters. The van der Waals surface area contributed by atoms with Gasteiger partial charge in [-0.15, -0.1) is 12.4 Å². The summed E-state index contributed by atoms with van der Waals surface area (Å²) in [6.45, 7) is 1.98. The third kappa shape index (κ3) is 4.91. The van der Waals surface area contributed by atoms with E-state index in [9.17, 15) is 17.6 Å². The molecule has 0 bridgehead atoms. The van der Waals surface area contributed by atoms with Gasteiger partial charge in [0.25, 0.3) is 0 Å². The second-order valence-electron chi connectivity index (χ2n) is 6.32. The molecule has 0 aliphatic carbocycles. The second-order valence-corrected chi connectivity index (χ2v) is 8.04. The van der Waals surface area contributed by atoms with Crippen LogP contribution >= 0.6 is 12.4 Å². The van der Waals surface area contributed by atoms with Crippen LogP contribution in [0.2, 0.25) is 0 Å². The van der Waals surface area contributed by atoms with Crippen LogP contribution in [0.1, 0.15) is 25.7 Å². The highest BCUT2D eigenvalue weighted by Crippen LogP contribution is 2.17. The number of carbonyl (C=O) groups is 1. The van der Waals surface area contributed by atoms with Gasteiger partial charge in [-0.3, -0.25) is 4.79 Å². The van der Waals surface area contributed by atoms with Crippen LogP contribution in [0.4, 0.5) is 4.39 Å². The summed E-state index contributed by atoms with van der Waals surface area (Å²) >= 11 is 0. The van der Waals surface area contributed by atoms with Crippen LogP contribution in [-0.2, 0) is 14.8 Å². The van der Waals surface area contributed by atoms with Crippen molar-refractivity contribution >= 4 is 28.3 Å². The van der Waals surface area contributed by atoms with Gasteiger partial charge in [0.2, 0.25) is 15.9 Å². The fraction of sp³-hybridized carbons (Fsp3) is 0.562. The Kier molecular flexibility index (Phi) is 6.79. The normalized spacial score (nSPS) is 21.8. The number of benzene rings is 1. The summed E-state index contributed by atoms with van der Waals surface area (Å²) in [5, 5.41) is 3.20. The topological polar surface area (TPSA) is 78.5 Å². The minimum atomic E-state index is -3.66. The van der Waals surface area contributed by atoms with E-state index >= 15 is 0 Å². The molecule has 2 saturated heterocycles. The lowest BCUT2D eigenvalue weighted by Crippen LogP contribution is -2.50. The fourth-order valence-electron chi connectivity index (χ4n) is 3.23. The number of rotatable bonds is 4. The molecule has 140 valence electrons. The number of hydrogen-bond donors (Lipinski definition) is 2. The highest BCUT2D eigenvalue weighted by Gasteiger charge is 2.31. The largest absolute Gasteiger partial charge is 0.341 e. The fourth-order valence-corrected chi connectivity index (χ4v) is 4.54. The van der Waals surface area contributed by atoms with E-state index in [0.29, 0.717) is 25.9 Å². The number of nitrogens with one attached hydrogen (secondary N) is 2. The van der Waals surface area contributed by atoms with Crippen molar-refractivity contribution in [3.8, 4) is 0 Å². The average Bonchev–Trinajstić information content (AvgIpc) is 3.09. The van der Waals surface area contributed by atoms with Gasteiger partial charge in [-0.05, 0) is 56.5 Å². The van der Waals surface area contributed by atoms with Crippen LogP contribution < -0.4 is 10.0 Å². The summed E-state index contributed by atoms with van der Waals surface area (Å²) in [5.41, 5.74) is 0. The maximum Gasteiger partial charge on any atom is 0.240 e. The van der Waals surface area contributed by atoms with Gasteiger partial charge in [0.15, 0.2) is 0 Å². The van der Waals surface area contributed by atoms with Crippen LogP contribution in [0, 0.1) is 5.82 Å². The molecule has 3 rings (SSSR count). The number of nitrogens with zero attached hydrogens (tertiary/aromatic N) is 1. The van der Waals surface area contributed by atoms with Crippen molar-refractivity contribution in [2.75, 3.05) is 19.6 Å². The van der Waals surface area contributed by atoms with Crippen LogP contribution in [0.3, 0.4) is 0 Å². The molecule has 0 saturated carbocycles. The van der Waals surface area contributed by atoms with E-state index < -0.39 is 15.8 Å². The van der Waals surface area contributed by atoms with Crippen LogP contribution in [0.25, 0.3) is 0 Å². The molecule has 0 radical (unpaired) electrons. The molecule has 2 aliphatic rings. The lowest BCUT2D eigenvalue weighted by atomic mass is 10.0. The molecule has 2 aliphatic heterocycles. The third-order valence-electron chi connectivity index (χ3n) is 4.61. The van der Waals surface area contributed by atoms with E-state index in [4.69, 9.17) is 0 Å². The lowest BCUT2D eigenvalue weighted by Gasteiger charge is -2.33. The van der Waals surface area contributed by atoms with Gasteiger partial charge >= 0.3 is 0 Å². The zero-order valence-corrected chi connectivity index (χ0v) is 15.4. The van der Waals surface area contributed by atoms with E-state index in [1.54, 1.807) is 0 Å². The van der Waals surface area contributed by atoms with E-state index in [2.05, 4.69) is 10.0 Å². The number of halogens is 2. The Hall–Kier alpha value is -1.22. The van der Waals surface area contributed by atoms with Crippen LogP contribution in [-0.4, -0.2) is 50.9 Å². The average molecular weight is 392 g/mol. The molecule has 2 N–H and O–H groups in total. The Morgan fingerprint density at radius 2 is 1.80 bits per heavy atom. The minimum absolute atomic E-state index is 0. The van der Waals surface area contributed by atoms with Crippen molar-refractivity contribution in [1.29, 1.82) is 0 Å². The maximum absolute atomic E-state index is 12.9. The molecule has 1 aromatic rings. The maximum atomic E-state index is 12.9. The molecule has 0 aromatic heterocycles. The molecular weight excluding hydrogens is 369 g/mol. The molecular formula is C16H23ClFN3O3S. The Labute approximate surface area is 153 Å². The molecule has 2 heterocycles. The summed E-state index contributed by atoms with van der Waals surface area (Å²) in [4.78, 5) is 14.2. The van der Waals surface area contributed by atoms with Gasteiger partial charge in [-0.1, -0.05) is 0 Å². The summed E-state index contributed by atoms with van der Waals surface area (Å²) in [7, 11) is -3.66. The summed E-state index contributed by atoms with van der Waals surface area (Å²) in [6, 6.07) is 4.47. The third-order valence-corrected chi connectivity index (χ3v) is 6.15. The van der Waals surface area contributed by atoms with E-state index in [0.717, 1.165) is 31.5 Å². The number of sulfonamides is 1. The molecule has 9 heteroatoms. The first-order valence-electron chi connectivity index (χ1n) is 8.26. The predicted octanol–water partition coefficient (Wildman–Crippen LogP) is 1.27. The molecule has 0 spiro atoms. The van der Waals surface area contributed by atoms with Crippen molar-refractivity contribution < 1.29 is 17.6 Å². The second kappa shape index (κ2) is 8.44. The van der Waals surface area contributed by atoms with Gasteiger partial charge in [0, 0.05) is 19.1 Å². The van der Waals surface area contributed by atoms with E-state index in [-0.39, 0.29) is 35.3 Å². The van der Waals surface area contributed by atoms with Crippen LogP contribution in [0.15, 0.2) is 29.2 Å². The van der Waals surface area contributed by atoms with Crippen molar-refractivity contribution in [2.45, 2.75) is 42.7 Å². The number of hydrogen-bond acceptors (Lipinski definition) is 4. The van der Waals surface area contributed by atoms with Gasteiger partial charge < -0.3 is 10.2 Å². The number of likely N-dealkylation sites (tertiary alicyclic amines) is 1. The van der Waals surface area contributed by atoms with Crippen molar-refractivity contribution in [1.82, 2.24) is 14.9 Å². The smallest absolute Gasteiger partial charge is 0.240 e. The zero-order valence-electron chi connectivity index (χ0n) is 13.8. The highest BCUT2D eigenvalue weighted by molar-refractivity contribution is 7.89. The zero-order chi connectivity index (χ0) is 17.2. The lowest BCUT2D eigenvalue weighted by molar-refractivity contribution is -0.134. The quantitative estimate of drug-likeness (QED) is 0.810. The minimum Gasteiger partial charge on any atom is -0.341 e. The van der Waals surface area contributed by atoms with Gasteiger partial charge in [0.05, 0.1) is 10.9 Å². The summed E-state index contributed by atoms with van der Waals surface area (Å²) < 4.78 is 40.2. The van der Waals surface area contributed by atoms with Gasteiger partial charge in [0.1, 0.15) is 5.82 Å². The van der Waals surface area contributed by atoms with Gasteiger partial charge in [-0.2, -0.15) is 0 Å². The number of amides is 1. The van der Waals surface area contributed by atoms with E-state index in [1.807, 2.05) is 4.90 Å². The van der Waals surface area contributed by atoms with Gasteiger partial charge in [-0.25, -0.2) is 17.5 Å². The predicted molar refractivity (Wildman–Crippen MR) is 94.6 cm³/mol. The van der Waals surface area contributed by atoms with Crippen molar-refractivity contribution in [2.24, 2.45) is 0 Å². The molecule has 2 fully saturated rings. The Morgan fingerprint density at radius 1 is 1.16 bits per heavy atom. The summed E-state index contributed by atoms with van der Waals surface area (Å²) in [6.07, 6.45) is 3.05. The SMILES string of the molecule is Cl.O=C(C1CCCN1)N1CCC(NS(=O)(=O)c2ccc(F)cc2)CC1. The first-order valence-corrected chi connectivity index (χ1v) is 9.74. The Morgan fingerprint density at radius 3 is 2.36 bits per heavy atom. The number of piperidine rings is 1. The standard InChI is InChI=1S/C16H22FN3O3S.ClH/c17-12-3-5-14(6-4-12)24(22,23)19-13-7-10-20(11-8-13)16(21)15-2-1-9-18-15;/h3-6,13,15,18-19H,1-2,7-11H2;1H. The Balaban J connectivity index is 0.00000225. The van der Waals surface area contributed by atoms with Crippen molar-refractivity contribution in [3.63, 3.8) is 0 Å². The highest BCUT2D eigenvalue weighted by atomic mass is 35.5. The van der Waals surface area contributed by atoms with Crippen LogP contribution in [0.5, 0.6) is 0 Å². The summed E-state index contributed by atoms with van der Waals surface area (Å²) in [5.74, 6) is -0.353. The monoisotopic (exact) mass is 391 g/mol. The van der Waals surface area contributed by atoms with E-state index in [1.165, 1.54) is 12.1 Å². The first kappa shape index (κ1) is 20.1. The number of carbonyl (C=O) groups excluding carboxylic acids is 1. The molecule has 1 amide bonds. The van der Waals surface area contributed by atoms with Crippen molar-refractivity contribution in [3.05, 3.63) is 30.1 Å². The molecule has 25 heavy (non-hydrogen) atoms. The Bertz CT molecular complexity index is 685. The molecule has 6 nitrogen and oxygen atoms in total. The molecule has 1 unspecified atom stereocenters.